The standard InChI is InChI=1S/C9H18O3P/c1-5-8-13(10)9(4,11-6-2)12-7-3/h5H,1,6-8H2,2-4H3/q+1. The molecule has 0 aliphatic heterocycles. The number of hydrogen-bond donors (Lipinski definition) is 0. The van der Waals surface area contributed by atoms with Crippen molar-refractivity contribution in [3.05, 3.63) is 12.7 Å². The molecule has 3 nitrogen and oxygen atoms in total. The molecule has 0 aromatic rings. The molecule has 0 spiro atoms. The zero-order valence-electron chi connectivity index (χ0n) is 8.58. The van der Waals surface area contributed by atoms with Crippen molar-refractivity contribution < 1.29 is 14.0 Å². The Balaban J connectivity index is 4.36. The largest absolute Gasteiger partial charge is 0.408 e. The molecule has 0 N–H and O–H groups in total. The van der Waals surface area contributed by atoms with E-state index in [9.17, 15) is 4.57 Å². The summed E-state index contributed by atoms with van der Waals surface area (Å²) in [5.41, 5.74) is -0.951. The van der Waals surface area contributed by atoms with E-state index in [0.29, 0.717) is 19.4 Å². The summed E-state index contributed by atoms with van der Waals surface area (Å²) in [6.45, 7) is 9.95. The predicted molar refractivity (Wildman–Crippen MR) is 54.3 cm³/mol. The molecule has 76 valence electrons. The molecule has 0 heterocycles. The van der Waals surface area contributed by atoms with E-state index in [2.05, 4.69) is 6.58 Å². The Bertz CT molecular complexity index is 174. The maximum absolute atomic E-state index is 11.7. The van der Waals surface area contributed by atoms with Crippen LogP contribution in [-0.4, -0.2) is 24.9 Å². The van der Waals surface area contributed by atoms with E-state index >= 15 is 0 Å². The Morgan fingerprint density at radius 1 is 1.38 bits per heavy atom. The van der Waals surface area contributed by atoms with E-state index in [-0.39, 0.29) is 0 Å². The fourth-order valence-electron chi connectivity index (χ4n) is 1.00. The lowest BCUT2D eigenvalue weighted by atomic mass is 10.7. The van der Waals surface area contributed by atoms with Crippen LogP contribution >= 0.6 is 7.80 Å². The van der Waals surface area contributed by atoms with E-state index in [1.165, 1.54) is 0 Å². The normalized spacial score (nSPS) is 12.7. The van der Waals surface area contributed by atoms with Gasteiger partial charge in [0, 0.05) is 6.92 Å². The van der Waals surface area contributed by atoms with Crippen LogP contribution in [0.15, 0.2) is 12.7 Å². The van der Waals surface area contributed by atoms with Gasteiger partial charge in [-0.2, -0.15) is 0 Å². The van der Waals surface area contributed by atoms with E-state index in [1.54, 1.807) is 13.0 Å². The molecule has 1 atom stereocenters. The second kappa shape index (κ2) is 6.25. The van der Waals surface area contributed by atoms with Gasteiger partial charge >= 0.3 is 13.3 Å². The second-order valence-electron chi connectivity index (χ2n) is 2.61. The minimum absolute atomic E-state index is 0.422. The summed E-state index contributed by atoms with van der Waals surface area (Å²) in [5, 5.41) is 0. The molecule has 0 aliphatic carbocycles. The zero-order valence-corrected chi connectivity index (χ0v) is 9.47. The van der Waals surface area contributed by atoms with Gasteiger partial charge in [0.2, 0.25) is 0 Å². The summed E-state index contributed by atoms with van der Waals surface area (Å²) in [6.07, 6.45) is 2.04. The Kier molecular flexibility index (Phi) is 6.13. The molecule has 0 aliphatic rings. The Morgan fingerprint density at radius 2 is 1.85 bits per heavy atom. The summed E-state index contributed by atoms with van der Waals surface area (Å²) in [5.74, 6) is 0. The molecule has 0 radical (unpaired) electrons. The van der Waals surface area contributed by atoms with Gasteiger partial charge in [-0.05, 0) is 19.9 Å². The molecular weight excluding hydrogens is 187 g/mol. The van der Waals surface area contributed by atoms with Crippen LogP contribution in [0.3, 0.4) is 0 Å². The van der Waals surface area contributed by atoms with Gasteiger partial charge in [0.1, 0.15) is 0 Å². The van der Waals surface area contributed by atoms with Gasteiger partial charge in [0.15, 0.2) is 6.16 Å². The number of rotatable bonds is 7. The van der Waals surface area contributed by atoms with Crippen molar-refractivity contribution in [2.75, 3.05) is 19.4 Å². The summed E-state index contributed by atoms with van der Waals surface area (Å²) in [6, 6.07) is 0. The fourth-order valence-corrected chi connectivity index (χ4v) is 2.12. The van der Waals surface area contributed by atoms with Crippen molar-refractivity contribution in [1.29, 1.82) is 0 Å². The Hall–Kier alpha value is -0.240. The van der Waals surface area contributed by atoms with Crippen molar-refractivity contribution in [1.82, 2.24) is 0 Å². The van der Waals surface area contributed by atoms with Gasteiger partial charge in [-0.15, -0.1) is 0 Å². The van der Waals surface area contributed by atoms with Gasteiger partial charge in [-0.25, -0.2) is 0 Å². The molecule has 13 heavy (non-hydrogen) atoms. The highest BCUT2D eigenvalue weighted by Crippen LogP contribution is 2.40. The summed E-state index contributed by atoms with van der Waals surface area (Å²) in [4.78, 5) is 0. The number of ether oxygens (including phenoxy) is 2. The minimum Gasteiger partial charge on any atom is -0.311 e. The SMILES string of the molecule is C=CC[P+](=O)C(C)(OCC)OCC. The van der Waals surface area contributed by atoms with Crippen molar-refractivity contribution >= 4 is 7.80 Å². The quantitative estimate of drug-likeness (QED) is 0.364. The molecular formula is C9H18O3P+. The average molecular weight is 205 g/mol. The molecule has 0 aromatic heterocycles. The Morgan fingerprint density at radius 3 is 2.15 bits per heavy atom. The molecule has 0 saturated heterocycles. The molecule has 1 unspecified atom stereocenters. The highest BCUT2D eigenvalue weighted by Gasteiger charge is 2.45. The molecule has 0 aromatic carbocycles. The molecule has 0 rings (SSSR count). The van der Waals surface area contributed by atoms with Crippen molar-refractivity contribution in [2.45, 2.75) is 26.3 Å². The third kappa shape index (κ3) is 3.99. The average Bonchev–Trinajstić information content (AvgIpc) is 2.05. The van der Waals surface area contributed by atoms with Gasteiger partial charge < -0.3 is 9.47 Å². The maximum atomic E-state index is 11.7. The van der Waals surface area contributed by atoms with E-state index < -0.39 is 13.3 Å². The van der Waals surface area contributed by atoms with Crippen LogP contribution in [0.25, 0.3) is 0 Å². The van der Waals surface area contributed by atoms with Crippen molar-refractivity contribution in [3.63, 3.8) is 0 Å². The lowest BCUT2D eigenvalue weighted by molar-refractivity contribution is -0.159. The molecule has 0 fully saturated rings. The van der Waals surface area contributed by atoms with Gasteiger partial charge in [-0.1, -0.05) is 11.1 Å². The lowest BCUT2D eigenvalue weighted by Crippen LogP contribution is -2.28. The number of hydrogen-bond acceptors (Lipinski definition) is 3. The van der Waals surface area contributed by atoms with Crippen LogP contribution in [0, 0.1) is 0 Å². The van der Waals surface area contributed by atoms with Crippen molar-refractivity contribution in [2.24, 2.45) is 0 Å². The highest BCUT2D eigenvalue weighted by atomic mass is 31.1. The first-order chi connectivity index (χ1) is 6.10. The second-order valence-corrected chi connectivity index (χ2v) is 4.55. The van der Waals surface area contributed by atoms with Crippen molar-refractivity contribution in [3.8, 4) is 0 Å². The van der Waals surface area contributed by atoms with Crippen LogP contribution < -0.4 is 0 Å². The third-order valence-electron chi connectivity index (χ3n) is 1.57. The lowest BCUT2D eigenvalue weighted by Gasteiger charge is -2.18. The minimum atomic E-state index is -1.55. The molecule has 0 amide bonds. The van der Waals surface area contributed by atoms with Crippen LogP contribution in [-0.2, 0) is 14.0 Å². The van der Waals surface area contributed by atoms with Gasteiger partial charge in [-0.3, -0.25) is 0 Å². The van der Waals surface area contributed by atoms with Crippen LogP contribution in [0.4, 0.5) is 0 Å². The highest BCUT2D eigenvalue weighted by molar-refractivity contribution is 7.46. The first-order valence-electron chi connectivity index (χ1n) is 4.44. The third-order valence-corrected chi connectivity index (χ3v) is 3.33. The fraction of sp³-hybridized carbons (Fsp3) is 0.778. The van der Waals surface area contributed by atoms with E-state index in [4.69, 9.17) is 9.47 Å². The number of allylic oxidation sites excluding steroid dienone is 1. The van der Waals surface area contributed by atoms with E-state index in [1.807, 2.05) is 13.8 Å². The summed E-state index contributed by atoms with van der Waals surface area (Å²) >= 11 is 0. The summed E-state index contributed by atoms with van der Waals surface area (Å²) < 4.78 is 22.3. The summed E-state index contributed by atoms with van der Waals surface area (Å²) in [7, 11) is -1.55. The zero-order chi connectivity index (χ0) is 10.3. The molecule has 4 heteroatoms. The predicted octanol–water partition coefficient (Wildman–Crippen LogP) is 2.75. The van der Waals surface area contributed by atoms with Gasteiger partial charge in [0.05, 0.1) is 13.2 Å². The first kappa shape index (κ1) is 12.8. The van der Waals surface area contributed by atoms with Crippen LogP contribution in [0.5, 0.6) is 0 Å². The topological polar surface area (TPSA) is 35.5 Å². The van der Waals surface area contributed by atoms with Gasteiger partial charge in [0.25, 0.3) is 0 Å². The van der Waals surface area contributed by atoms with Crippen LogP contribution in [0.1, 0.15) is 20.8 Å². The molecule has 0 saturated carbocycles. The maximum Gasteiger partial charge on any atom is 0.408 e. The first-order valence-corrected chi connectivity index (χ1v) is 5.88. The smallest absolute Gasteiger partial charge is 0.311 e. The monoisotopic (exact) mass is 205 g/mol. The van der Waals surface area contributed by atoms with E-state index in [0.717, 1.165) is 0 Å². The van der Waals surface area contributed by atoms with Crippen LogP contribution in [0.2, 0.25) is 0 Å². The molecule has 0 bridgehead atoms. The Labute approximate surface area is 80.9 Å².